The molecule has 2 amide bonds. The first-order valence-corrected chi connectivity index (χ1v) is 13.3. The molecule has 2 bridgehead atoms. The predicted molar refractivity (Wildman–Crippen MR) is 142 cm³/mol. The lowest BCUT2D eigenvalue weighted by atomic mass is 9.85. The quantitative estimate of drug-likeness (QED) is 0.313. The van der Waals surface area contributed by atoms with Crippen LogP contribution in [0, 0.1) is 0 Å². The van der Waals surface area contributed by atoms with Crippen molar-refractivity contribution < 1.29 is 14.4 Å². The molecule has 3 saturated heterocycles. The molecule has 40 heavy (non-hydrogen) atoms. The van der Waals surface area contributed by atoms with Gasteiger partial charge >= 0.3 is 0 Å². The lowest BCUT2D eigenvalue weighted by molar-refractivity contribution is -0.117. The van der Waals surface area contributed by atoms with E-state index in [2.05, 4.69) is 30.7 Å². The van der Waals surface area contributed by atoms with Gasteiger partial charge in [-0.1, -0.05) is 0 Å². The highest BCUT2D eigenvalue weighted by molar-refractivity contribution is 6.00. The van der Waals surface area contributed by atoms with Crippen LogP contribution in [-0.2, 0) is 4.79 Å². The first-order valence-electron chi connectivity index (χ1n) is 13.3. The zero-order chi connectivity index (χ0) is 27.5. The van der Waals surface area contributed by atoms with Crippen LogP contribution in [0.5, 0.6) is 0 Å². The third kappa shape index (κ3) is 3.74. The number of ketones is 1. The average molecular weight is 542 g/mol. The molecule has 14 nitrogen and oxygen atoms in total. The largest absolute Gasteiger partial charge is 0.383 e. The molecule has 0 radical (unpaired) electrons. The van der Waals surface area contributed by atoms with Crippen LogP contribution in [0.1, 0.15) is 71.6 Å². The number of piperidine rings is 1. The number of nitrogens with one attached hydrogen (secondary N) is 2. The van der Waals surface area contributed by atoms with E-state index in [4.69, 9.17) is 10.7 Å². The highest BCUT2D eigenvalue weighted by Crippen LogP contribution is 2.45. The summed E-state index contributed by atoms with van der Waals surface area (Å²) in [7, 11) is 0. The Bertz CT molecular complexity index is 1630. The summed E-state index contributed by atoms with van der Waals surface area (Å²) in [6.07, 6.45) is 8.23. The van der Waals surface area contributed by atoms with E-state index >= 15 is 0 Å². The van der Waals surface area contributed by atoms with Gasteiger partial charge < -0.3 is 15.6 Å². The number of aromatic amines is 1. The van der Waals surface area contributed by atoms with Gasteiger partial charge in [0, 0.05) is 48.3 Å². The van der Waals surface area contributed by atoms with Crippen LogP contribution in [0.15, 0.2) is 30.9 Å². The van der Waals surface area contributed by atoms with Crippen LogP contribution in [-0.4, -0.2) is 75.9 Å². The van der Waals surface area contributed by atoms with Crippen LogP contribution in [0.4, 0.5) is 11.6 Å². The molecule has 204 valence electrons. The van der Waals surface area contributed by atoms with E-state index in [1.165, 1.54) is 22.8 Å². The number of nitrogens with two attached hydrogens (primary N) is 1. The number of pyridine rings is 1. The SMILES string of the molecule is CC(=O)c1c([C@H]2C[C@H]3CC[C@@H](C2)N3C(=O)c2nnc[nH]2)nc2c(-c3ccc(N4NCCC4=O)nc3)cnn2c1N. The van der Waals surface area contributed by atoms with Gasteiger partial charge in [-0.05, 0) is 44.7 Å². The van der Waals surface area contributed by atoms with Crippen molar-refractivity contribution in [2.45, 2.75) is 57.0 Å². The molecule has 3 atom stereocenters. The molecule has 0 unspecified atom stereocenters. The van der Waals surface area contributed by atoms with Crippen molar-refractivity contribution in [1.29, 1.82) is 0 Å². The van der Waals surface area contributed by atoms with Crippen LogP contribution in [0.2, 0.25) is 0 Å². The normalized spacial score (nSPS) is 22.4. The molecule has 14 heteroatoms. The molecule has 0 spiro atoms. The molecule has 7 rings (SSSR count). The number of carbonyl (C=O) groups is 3. The number of hydrogen-bond donors (Lipinski definition) is 3. The Labute approximate surface area is 227 Å². The highest BCUT2D eigenvalue weighted by atomic mass is 16.2. The van der Waals surface area contributed by atoms with Crippen molar-refractivity contribution in [3.05, 3.63) is 47.9 Å². The van der Waals surface area contributed by atoms with Gasteiger partial charge in [0.1, 0.15) is 18.0 Å². The van der Waals surface area contributed by atoms with Gasteiger partial charge in [0.05, 0.1) is 17.5 Å². The number of Topliss-reactive ketones (excluding diaryl/α,β-unsaturated/α-hetero) is 1. The number of nitrogen functional groups attached to an aromatic ring is 1. The van der Waals surface area contributed by atoms with Crippen molar-refractivity contribution in [3.8, 4) is 11.1 Å². The fraction of sp³-hybridized carbons (Fsp3) is 0.385. The van der Waals surface area contributed by atoms with Crippen LogP contribution < -0.4 is 16.2 Å². The van der Waals surface area contributed by atoms with Crippen LogP contribution in [0.3, 0.4) is 0 Å². The number of hydrazine groups is 1. The minimum absolute atomic E-state index is 0.00319. The maximum Gasteiger partial charge on any atom is 0.292 e. The summed E-state index contributed by atoms with van der Waals surface area (Å²) in [5.41, 5.74) is 12.6. The fourth-order valence-corrected chi connectivity index (χ4v) is 6.42. The van der Waals surface area contributed by atoms with E-state index in [0.717, 1.165) is 18.4 Å². The van der Waals surface area contributed by atoms with E-state index in [-0.39, 0.29) is 47.2 Å². The summed E-state index contributed by atoms with van der Waals surface area (Å²) in [6, 6.07) is 3.63. The summed E-state index contributed by atoms with van der Waals surface area (Å²) in [5, 5.41) is 13.5. The maximum atomic E-state index is 13.1. The summed E-state index contributed by atoms with van der Waals surface area (Å²) in [4.78, 5) is 52.2. The lowest BCUT2D eigenvalue weighted by Crippen LogP contribution is -2.46. The molecule has 4 N–H and O–H groups in total. The van der Waals surface area contributed by atoms with Crippen LogP contribution in [0.25, 0.3) is 16.8 Å². The molecule has 4 aromatic heterocycles. The molecular weight excluding hydrogens is 514 g/mol. The van der Waals surface area contributed by atoms with E-state index in [9.17, 15) is 14.4 Å². The van der Waals surface area contributed by atoms with E-state index < -0.39 is 0 Å². The number of H-pyrrole nitrogens is 1. The van der Waals surface area contributed by atoms with Gasteiger partial charge in [0.15, 0.2) is 11.4 Å². The Balaban J connectivity index is 1.25. The molecular formula is C26H27N11O3. The maximum absolute atomic E-state index is 13.1. The Hall–Kier alpha value is -4.72. The van der Waals surface area contributed by atoms with Crippen molar-refractivity contribution in [1.82, 2.24) is 45.1 Å². The van der Waals surface area contributed by atoms with Crippen molar-refractivity contribution in [2.24, 2.45) is 0 Å². The van der Waals surface area contributed by atoms with Gasteiger partial charge in [0.2, 0.25) is 11.7 Å². The van der Waals surface area contributed by atoms with E-state index in [0.29, 0.717) is 54.1 Å². The first-order chi connectivity index (χ1) is 19.4. The van der Waals surface area contributed by atoms with Crippen molar-refractivity contribution in [3.63, 3.8) is 0 Å². The number of hydrogen-bond acceptors (Lipinski definition) is 10. The standard InChI is InChI=1S/C26H27N11O3/c1-13(38)21-22(15-8-16-3-4-17(9-15)35(16)26(40)24-29-12-30-34-24)33-25-18(11-32-37(25)23(21)27)14-2-5-19(28-10-14)36-20(39)6-7-31-36/h2,5,10-12,15-17,31H,3-4,6-9,27H2,1H3,(H,29,30,34)/t15-,16+,17-. The first kappa shape index (κ1) is 24.3. The fourth-order valence-electron chi connectivity index (χ4n) is 6.42. The topological polar surface area (TPSA) is 180 Å². The molecule has 0 aliphatic carbocycles. The number of nitrogens with zero attached hydrogens (tertiary/aromatic N) is 8. The minimum atomic E-state index is -0.180. The summed E-state index contributed by atoms with van der Waals surface area (Å²) in [5.74, 6) is 0.558. The Kier molecular flexibility index (Phi) is 5.59. The van der Waals surface area contributed by atoms with Gasteiger partial charge in [-0.2, -0.15) is 9.61 Å². The zero-order valence-electron chi connectivity index (χ0n) is 21.7. The molecule has 0 saturated carbocycles. The second-order valence-electron chi connectivity index (χ2n) is 10.5. The predicted octanol–water partition coefficient (Wildman–Crippen LogP) is 1.49. The summed E-state index contributed by atoms with van der Waals surface area (Å²) in [6.45, 7) is 2.07. The molecule has 7 heterocycles. The lowest BCUT2D eigenvalue weighted by Gasteiger charge is -2.38. The molecule has 0 aromatic carbocycles. The third-order valence-electron chi connectivity index (χ3n) is 8.18. The number of carbonyl (C=O) groups excluding carboxylic acids is 3. The van der Waals surface area contributed by atoms with Gasteiger partial charge in [-0.3, -0.25) is 14.4 Å². The summed E-state index contributed by atoms with van der Waals surface area (Å²) >= 11 is 0. The zero-order valence-corrected chi connectivity index (χ0v) is 21.7. The van der Waals surface area contributed by atoms with E-state index in [1.54, 1.807) is 18.5 Å². The van der Waals surface area contributed by atoms with Crippen LogP contribution >= 0.6 is 0 Å². The van der Waals surface area contributed by atoms with Gasteiger partial charge in [-0.15, -0.1) is 10.2 Å². The number of fused-ring (bicyclic) bond motifs is 3. The highest BCUT2D eigenvalue weighted by Gasteiger charge is 2.45. The molecule has 4 aromatic rings. The monoisotopic (exact) mass is 541 g/mol. The van der Waals surface area contributed by atoms with Crippen molar-refractivity contribution >= 4 is 34.9 Å². The number of aromatic nitrogens is 7. The number of rotatable bonds is 5. The van der Waals surface area contributed by atoms with E-state index in [1.807, 2.05) is 11.0 Å². The number of anilines is 2. The molecule has 3 aliphatic heterocycles. The Morgan fingerprint density at radius 3 is 2.55 bits per heavy atom. The minimum Gasteiger partial charge on any atom is -0.383 e. The van der Waals surface area contributed by atoms with Crippen molar-refractivity contribution in [2.75, 3.05) is 17.3 Å². The summed E-state index contributed by atoms with van der Waals surface area (Å²) < 4.78 is 1.49. The molecule has 3 aliphatic rings. The number of amides is 2. The third-order valence-corrected chi connectivity index (χ3v) is 8.18. The van der Waals surface area contributed by atoms with Gasteiger partial charge in [0.25, 0.3) is 5.91 Å². The smallest absolute Gasteiger partial charge is 0.292 e. The average Bonchev–Trinajstić information content (AvgIpc) is 3.75. The second kappa shape index (κ2) is 9.19. The molecule has 3 fully saturated rings. The Morgan fingerprint density at radius 1 is 1.12 bits per heavy atom. The second-order valence-corrected chi connectivity index (χ2v) is 10.5. The Morgan fingerprint density at radius 2 is 1.93 bits per heavy atom. The van der Waals surface area contributed by atoms with Gasteiger partial charge in [-0.25, -0.2) is 20.4 Å².